The Labute approximate surface area is 113 Å². The number of aliphatic hydroxyl groups is 1. The molecule has 0 spiro atoms. The zero-order chi connectivity index (χ0) is 13.8. The fraction of sp³-hybridized carbons (Fsp3) is 0.500. The topological polar surface area (TPSA) is 46.5 Å². The summed E-state index contributed by atoms with van der Waals surface area (Å²) in [5.41, 5.74) is -0.171. The molecule has 100 valence electrons. The van der Waals surface area contributed by atoms with Crippen molar-refractivity contribution < 1.29 is 14.6 Å². The number of carbonyl (C=O) groups excluding carboxylic acids is 1. The number of carbonyl (C=O) groups is 1. The number of esters is 1. The molecule has 2 atom stereocenters. The van der Waals surface area contributed by atoms with Gasteiger partial charge in [-0.05, 0) is 32.4 Å². The second kappa shape index (κ2) is 6.21. The van der Waals surface area contributed by atoms with Gasteiger partial charge in [0.25, 0.3) is 0 Å². The molecule has 3 nitrogen and oxygen atoms in total. The minimum atomic E-state index is -0.677. The third-order valence-corrected chi connectivity index (χ3v) is 3.35. The van der Waals surface area contributed by atoms with Crippen LogP contribution >= 0.6 is 11.6 Å². The summed E-state index contributed by atoms with van der Waals surface area (Å²) in [6, 6.07) is 0. The van der Waals surface area contributed by atoms with Gasteiger partial charge in [-0.2, -0.15) is 0 Å². The molecule has 0 amide bonds. The molecule has 0 aromatic carbocycles. The maximum Gasteiger partial charge on any atom is 0.334 e. The van der Waals surface area contributed by atoms with E-state index < -0.39 is 5.60 Å². The third kappa shape index (κ3) is 3.72. The highest BCUT2D eigenvalue weighted by atomic mass is 35.5. The summed E-state index contributed by atoms with van der Waals surface area (Å²) >= 11 is 5.90. The second-order valence-electron chi connectivity index (χ2n) is 4.65. The molecule has 4 heteroatoms. The molecule has 1 N–H and O–H groups in total. The van der Waals surface area contributed by atoms with Crippen LogP contribution in [0.5, 0.6) is 0 Å². The van der Waals surface area contributed by atoms with Gasteiger partial charge in [0.15, 0.2) is 0 Å². The number of ether oxygens (including phenoxy) is 1. The molecule has 0 heterocycles. The van der Waals surface area contributed by atoms with Crippen LogP contribution in [0.1, 0.15) is 27.2 Å². The van der Waals surface area contributed by atoms with Gasteiger partial charge in [-0.25, -0.2) is 4.79 Å². The number of rotatable bonds is 4. The summed E-state index contributed by atoms with van der Waals surface area (Å²) in [6.07, 6.45) is 7.53. The minimum Gasteiger partial charge on any atom is -0.451 e. The highest BCUT2D eigenvalue weighted by Crippen LogP contribution is 2.32. The third-order valence-electron chi connectivity index (χ3n) is 3.10. The van der Waals surface area contributed by atoms with Gasteiger partial charge in [-0.3, -0.25) is 0 Å². The Morgan fingerprint density at radius 2 is 2.33 bits per heavy atom. The summed E-state index contributed by atoms with van der Waals surface area (Å²) in [5.74, 6) is -0.349. The molecule has 18 heavy (non-hydrogen) atoms. The summed E-state index contributed by atoms with van der Waals surface area (Å²) in [6.45, 7) is 5.51. The summed E-state index contributed by atoms with van der Waals surface area (Å²) in [7, 11) is 0. The Bertz CT molecular complexity index is 409. The Balaban J connectivity index is 2.73. The van der Waals surface area contributed by atoms with Crippen molar-refractivity contribution in [3.05, 3.63) is 34.9 Å². The first-order valence-electron chi connectivity index (χ1n) is 5.96. The molecular formula is C14H19ClO3. The molecule has 0 fully saturated rings. The van der Waals surface area contributed by atoms with E-state index in [-0.39, 0.29) is 18.5 Å². The first kappa shape index (κ1) is 15.0. The summed E-state index contributed by atoms with van der Waals surface area (Å²) in [4.78, 5) is 11.9. The smallest absolute Gasteiger partial charge is 0.334 e. The molecule has 0 saturated heterocycles. The average Bonchev–Trinajstić information content (AvgIpc) is 2.31. The lowest BCUT2D eigenvalue weighted by atomic mass is 9.86. The molecule has 0 bridgehead atoms. The number of hydrogen-bond acceptors (Lipinski definition) is 3. The Kier molecular flexibility index (Phi) is 5.17. The van der Waals surface area contributed by atoms with Gasteiger partial charge in [-0.15, -0.1) is 0 Å². The van der Waals surface area contributed by atoms with Crippen LogP contribution in [0.15, 0.2) is 34.9 Å². The average molecular weight is 271 g/mol. The predicted octanol–water partition coefficient (Wildman–Crippen LogP) is 2.95. The molecule has 0 radical (unpaired) electrons. The molecule has 2 unspecified atom stereocenters. The van der Waals surface area contributed by atoms with Gasteiger partial charge in [0.1, 0.15) is 5.60 Å². The van der Waals surface area contributed by atoms with Crippen LogP contribution in [-0.2, 0) is 9.53 Å². The van der Waals surface area contributed by atoms with Crippen molar-refractivity contribution in [3.8, 4) is 0 Å². The fourth-order valence-corrected chi connectivity index (χ4v) is 1.88. The second-order valence-corrected chi connectivity index (χ2v) is 5.08. The molecule has 1 aliphatic rings. The quantitative estimate of drug-likeness (QED) is 0.631. The largest absolute Gasteiger partial charge is 0.451 e. The van der Waals surface area contributed by atoms with E-state index in [1.807, 2.05) is 19.9 Å². The van der Waals surface area contributed by atoms with Crippen LogP contribution in [0.2, 0.25) is 0 Å². The van der Waals surface area contributed by atoms with Gasteiger partial charge in [-0.1, -0.05) is 30.7 Å². The van der Waals surface area contributed by atoms with Gasteiger partial charge < -0.3 is 9.84 Å². The zero-order valence-corrected chi connectivity index (χ0v) is 11.7. The number of allylic oxidation sites excluding steroid dienone is 2. The molecule has 1 rings (SSSR count). The van der Waals surface area contributed by atoms with Crippen molar-refractivity contribution in [2.24, 2.45) is 5.92 Å². The predicted molar refractivity (Wildman–Crippen MR) is 72.2 cm³/mol. The van der Waals surface area contributed by atoms with Crippen molar-refractivity contribution in [1.29, 1.82) is 0 Å². The van der Waals surface area contributed by atoms with E-state index in [1.54, 1.807) is 25.2 Å². The fourth-order valence-electron chi connectivity index (χ4n) is 1.63. The Morgan fingerprint density at radius 3 is 2.89 bits per heavy atom. The maximum atomic E-state index is 11.9. The van der Waals surface area contributed by atoms with Crippen LogP contribution in [0.4, 0.5) is 0 Å². The standard InChI is InChI=1S/C14H19ClO3/c1-10(5-4-8-16)13(17)18-14(3)7-6-12(15)9-11(14)2/h5-7,9,11,16H,4,8H2,1-3H3. The summed E-state index contributed by atoms with van der Waals surface area (Å²) in [5, 5.41) is 9.37. The van der Waals surface area contributed by atoms with Crippen LogP contribution < -0.4 is 0 Å². The highest BCUT2D eigenvalue weighted by Gasteiger charge is 2.33. The van der Waals surface area contributed by atoms with Crippen molar-refractivity contribution in [2.75, 3.05) is 6.61 Å². The van der Waals surface area contributed by atoms with Gasteiger partial charge >= 0.3 is 5.97 Å². The van der Waals surface area contributed by atoms with Crippen LogP contribution in [0.25, 0.3) is 0 Å². The van der Waals surface area contributed by atoms with E-state index in [9.17, 15) is 4.79 Å². The highest BCUT2D eigenvalue weighted by molar-refractivity contribution is 6.31. The van der Waals surface area contributed by atoms with Gasteiger partial charge in [0.05, 0.1) is 0 Å². The monoisotopic (exact) mass is 270 g/mol. The number of hydrogen-bond donors (Lipinski definition) is 1. The maximum absolute atomic E-state index is 11.9. The lowest BCUT2D eigenvalue weighted by Gasteiger charge is -2.33. The van der Waals surface area contributed by atoms with Crippen molar-refractivity contribution in [1.82, 2.24) is 0 Å². The van der Waals surface area contributed by atoms with Crippen LogP contribution in [0.3, 0.4) is 0 Å². The van der Waals surface area contributed by atoms with E-state index in [0.717, 1.165) is 0 Å². The first-order valence-corrected chi connectivity index (χ1v) is 6.34. The normalized spacial score (nSPS) is 27.9. The number of halogens is 1. The van der Waals surface area contributed by atoms with Crippen LogP contribution in [0, 0.1) is 5.92 Å². The molecule has 0 aromatic heterocycles. The van der Waals surface area contributed by atoms with E-state index in [2.05, 4.69) is 0 Å². The van der Waals surface area contributed by atoms with Crippen molar-refractivity contribution in [2.45, 2.75) is 32.8 Å². The molecule has 1 aliphatic carbocycles. The van der Waals surface area contributed by atoms with E-state index in [0.29, 0.717) is 17.0 Å². The first-order chi connectivity index (χ1) is 8.39. The van der Waals surface area contributed by atoms with Gasteiger partial charge in [0, 0.05) is 23.1 Å². The van der Waals surface area contributed by atoms with E-state index >= 15 is 0 Å². The molecule has 0 saturated carbocycles. The molecule has 0 aliphatic heterocycles. The Morgan fingerprint density at radius 1 is 1.67 bits per heavy atom. The van der Waals surface area contributed by atoms with Crippen molar-refractivity contribution in [3.63, 3.8) is 0 Å². The minimum absolute atomic E-state index is 0.0181. The number of aliphatic hydroxyl groups excluding tert-OH is 1. The lowest BCUT2D eigenvalue weighted by molar-refractivity contribution is -0.151. The lowest BCUT2D eigenvalue weighted by Crippen LogP contribution is -2.37. The molecular weight excluding hydrogens is 252 g/mol. The Hall–Kier alpha value is -1.06. The van der Waals surface area contributed by atoms with Gasteiger partial charge in [0.2, 0.25) is 0 Å². The zero-order valence-electron chi connectivity index (χ0n) is 10.9. The van der Waals surface area contributed by atoms with Crippen LogP contribution in [-0.4, -0.2) is 23.3 Å². The van der Waals surface area contributed by atoms with Crippen molar-refractivity contribution >= 4 is 17.6 Å². The molecule has 0 aromatic rings. The van der Waals surface area contributed by atoms with E-state index in [1.165, 1.54) is 0 Å². The van der Waals surface area contributed by atoms with E-state index in [4.69, 9.17) is 21.4 Å². The SMILES string of the molecule is CC(=CCCO)C(=O)OC1(C)C=CC(Cl)=CC1C. The summed E-state index contributed by atoms with van der Waals surface area (Å²) < 4.78 is 5.52.